The molecule has 1 aromatic carbocycles. The van der Waals surface area contributed by atoms with E-state index in [1.165, 1.54) is 0 Å². The molecular weight excluding hydrogens is 214 g/mol. The number of aromatic hydroxyl groups is 1. The van der Waals surface area contributed by atoms with Crippen molar-refractivity contribution in [3.05, 3.63) is 35.4 Å². The van der Waals surface area contributed by atoms with Crippen LogP contribution >= 0.6 is 0 Å². The summed E-state index contributed by atoms with van der Waals surface area (Å²) in [6.45, 7) is 5.77. The van der Waals surface area contributed by atoms with Crippen molar-refractivity contribution in [2.45, 2.75) is 33.6 Å². The fraction of sp³-hybridized carbons (Fsp3) is 0.357. The molecule has 0 fully saturated rings. The molecule has 3 heteroatoms. The maximum atomic E-state index is 11.8. The van der Waals surface area contributed by atoms with Gasteiger partial charge in [0, 0.05) is 5.57 Å². The number of phenolic OH excluding ortho intramolecular Hbond substituents is 1. The Bertz CT molecular complexity index is 436. The number of nitrogens with one attached hydrogen (secondary N) is 1. The van der Waals surface area contributed by atoms with Crippen LogP contribution in [0.1, 0.15) is 32.8 Å². The average molecular weight is 233 g/mol. The summed E-state index contributed by atoms with van der Waals surface area (Å²) in [6, 6.07) is 5.25. The van der Waals surface area contributed by atoms with Crippen molar-refractivity contribution >= 4 is 11.6 Å². The highest BCUT2D eigenvalue weighted by Crippen LogP contribution is 2.24. The number of hydrogen-bond donors (Lipinski definition) is 2. The van der Waals surface area contributed by atoms with Crippen LogP contribution in [0.15, 0.2) is 29.8 Å². The molecule has 0 aliphatic heterocycles. The van der Waals surface area contributed by atoms with Gasteiger partial charge in [0.05, 0.1) is 5.69 Å². The molecule has 0 bridgehead atoms. The van der Waals surface area contributed by atoms with E-state index in [1.54, 1.807) is 19.1 Å². The van der Waals surface area contributed by atoms with E-state index >= 15 is 0 Å². The van der Waals surface area contributed by atoms with E-state index in [9.17, 15) is 9.90 Å². The Morgan fingerprint density at radius 2 is 2.12 bits per heavy atom. The van der Waals surface area contributed by atoms with Gasteiger partial charge < -0.3 is 10.4 Å². The minimum Gasteiger partial charge on any atom is -0.506 e. The normalized spacial score (nSPS) is 11.4. The molecule has 17 heavy (non-hydrogen) atoms. The van der Waals surface area contributed by atoms with Crippen molar-refractivity contribution in [1.29, 1.82) is 0 Å². The first kappa shape index (κ1) is 13.3. The SMILES string of the molecule is CC/C=C(\C)C(=O)Nc1cc(CC)ccc1O. The third-order valence-electron chi connectivity index (χ3n) is 2.59. The Morgan fingerprint density at radius 3 is 2.71 bits per heavy atom. The van der Waals surface area contributed by atoms with Crippen molar-refractivity contribution in [3.8, 4) is 5.75 Å². The van der Waals surface area contributed by atoms with Gasteiger partial charge in [-0.05, 0) is 37.5 Å². The number of amides is 1. The highest BCUT2D eigenvalue weighted by molar-refractivity contribution is 6.04. The predicted molar refractivity (Wildman–Crippen MR) is 70.2 cm³/mol. The molecule has 0 unspecified atom stereocenters. The third-order valence-corrected chi connectivity index (χ3v) is 2.59. The predicted octanol–water partition coefficient (Wildman–Crippen LogP) is 3.25. The molecule has 0 radical (unpaired) electrons. The number of hydrogen-bond acceptors (Lipinski definition) is 2. The van der Waals surface area contributed by atoms with Gasteiger partial charge in [-0.2, -0.15) is 0 Å². The lowest BCUT2D eigenvalue weighted by molar-refractivity contribution is -0.112. The summed E-state index contributed by atoms with van der Waals surface area (Å²) in [5, 5.41) is 12.4. The summed E-state index contributed by atoms with van der Waals surface area (Å²) < 4.78 is 0. The molecule has 3 nitrogen and oxygen atoms in total. The van der Waals surface area contributed by atoms with E-state index in [0.717, 1.165) is 18.4 Å². The molecule has 0 aliphatic carbocycles. The summed E-state index contributed by atoms with van der Waals surface area (Å²) in [4.78, 5) is 11.8. The number of phenols is 1. The minimum absolute atomic E-state index is 0.0971. The van der Waals surface area contributed by atoms with Crippen LogP contribution < -0.4 is 5.32 Å². The Kier molecular flexibility index (Phi) is 4.76. The first-order valence-corrected chi connectivity index (χ1v) is 5.88. The summed E-state index contributed by atoms with van der Waals surface area (Å²) in [6.07, 6.45) is 3.54. The van der Waals surface area contributed by atoms with Gasteiger partial charge in [-0.25, -0.2) is 0 Å². The van der Waals surface area contributed by atoms with Crippen molar-refractivity contribution in [2.75, 3.05) is 5.32 Å². The summed E-state index contributed by atoms with van der Waals surface area (Å²) in [5.74, 6) is -0.0738. The van der Waals surface area contributed by atoms with Crippen LogP contribution in [-0.2, 0) is 11.2 Å². The van der Waals surface area contributed by atoms with E-state index in [2.05, 4.69) is 5.32 Å². The molecule has 2 N–H and O–H groups in total. The van der Waals surface area contributed by atoms with Crippen LogP contribution in [0.25, 0.3) is 0 Å². The first-order valence-electron chi connectivity index (χ1n) is 5.88. The molecule has 0 saturated heterocycles. The van der Waals surface area contributed by atoms with Gasteiger partial charge >= 0.3 is 0 Å². The number of benzene rings is 1. The average Bonchev–Trinajstić information content (AvgIpc) is 2.32. The number of carbonyl (C=O) groups is 1. The van der Waals surface area contributed by atoms with E-state index < -0.39 is 0 Å². The molecule has 0 saturated carbocycles. The minimum atomic E-state index is -0.171. The summed E-state index contributed by atoms with van der Waals surface area (Å²) >= 11 is 0. The second-order valence-corrected chi connectivity index (χ2v) is 3.95. The second-order valence-electron chi connectivity index (χ2n) is 3.95. The lowest BCUT2D eigenvalue weighted by Gasteiger charge is -2.09. The molecule has 0 heterocycles. The number of rotatable bonds is 4. The second kappa shape index (κ2) is 6.09. The Hall–Kier alpha value is -1.77. The maximum absolute atomic E-state index is 11.8. The van der Waals surface area contributed by atoms with Gasteiger partial charge in [-0.1, -0.05) is 26.0 Å². The fourth-order valence-corrected chi connectivity index (χ4v) is 1.52. The molecule has 0 aliphatic rings. The molecule has 1 aromatic rings. The molecular formula is C14H19NO2. The smallest absolute Gasteiger partial charge is 0.251 e. The standard InChI is InChI=1S/C14H19NO2/c1-4-6-10(3)14(17)15-12-9-11(5-2)7-8-13(12)16/h6-9,16H,4-5H2,1-3H3,(H,15,17)/b10-6+. The number of carbonyl (C=O) groups excluding carboxylic acids is 1. The van der Waals surface area contributed by atoms with Crippen LogP contribution in [0.3, 0.4) is 0 Å². The summed E-state index contributed by atoms with van der Waals surface area (Å²) in [5.41, 5.74) is 2.21. The molecule has 1 amide bonds. The number of anilines is 1. The van der Waals surface area contributed by atoms with Crippen molar-refractivity contribution < 1.29 is 9.90 Å². The van der Waals surface area contributed by atoms with Crippen LogP contribution in [0.5, 0.6) is 5.75 Å². The van der Waals surface area contributed by atoms with Gasteiger partial charge in [0.1, 0.15) is 5.75 Å². The van der Waals surface area contributed by atoms with Crippen LogP contribution in [0.2, 0.25) is 0 Å². The van der Waals surface area contributed by atoms with E-state index in [4.69, 9.17) is 0 Å². The Morgan fingerprint density at radius 1 is 1.41 bits per heavy atom. The monoisotopic (exact) mass is 233 g/mol. The number of allylic oxidation sites excluding steroid dienone is 1. The molecule has 0 atom stereocenters. The van der Waals surface area contributed by atoms with Gasteiger partial charge in [0.25, 0.3) is 5.91 Å². The molecule has 92 valence electrons. The fourth-order valence-electron chi connectivity index (χ4n) is 1.52. The van der Waals surface area contributed by atoms with Crippen molar-refractivity contribution in [2.24, 2.45) is 0 Å². The Balaban J connectivity index is 2.87. The zero-order chi connectivity index (χ0) is 12.8. The lowest BCUT2D eigenvalue weighted by atomic mass is 10.1. The van der Waals surface area contributed by atoms with Gasteiger partial charge in [0.15, 0.2) is 0 Å². The highest BCUT2D eigenvalue weighted by Gasteiger charge is 2.08. The van der Waals surface area contributed by atoms with Crippen molar-refractivity contribution in [1.82, 2.24) is 0 Å². The largest absolute Gasteiger partial charge is 0.506 e. The lowest BCUT2D eigenvalue weighted by Crippen LogP contribution is -2.12. The topological polar surface area (TPSA) is 49.3 Å². The highest BCUT2D eigenvalue weighted by atomic mass is 16.3. The molecule has 0 spiro atoms. The Labute approximate surface area is 102 Å². The van der Waals surface area contributed by atoms with Gasteiger partial charge in [0.2, 0.25) is 0 Å². The third kappa shape index (κ3) is 3.63. The van der Waals surface area contributed by atoms with Gasteiger partial charge in [-0.3, -0.25) is 4.79 Å². The first-order chi connectivity index (χ1) is 8.08. The molecule has 0 aromatic heterocycles. The van der Waals surface area contributed by atoms with Gasteiger partial charge in [-0.15, -0.1) is 0 Å². The maximum Gasteiger partial charge on any atom is 0.251 e. The van der Waals surface area contributed by atoms with Crippen LogP contribution in [0, 0.1) is 0 Å². The van der Waals surface area contributed by atoms with E-state index in [0.29, 0.717) is 11.3 Å². The van der Waals surface area contributed by atoms with E-state index in [1.807, 2.05) is 26.0 Å². The quantitative estimate of drug-likeness (QED) is 0.619. The van der Waals surface area contributed by atoms with Crippen molar-refractivity contribution in [3.63, 3.8) is 0 Å². The molecule has 1 rings (SSSR count). The van der Waals surface area contributed by atoms with Crippen LogP contribution in [-0.4, -0.2) is 11.0 Å². The van der Waals surface area contributed by atoms with E-state index in [-0.39, 0.29) is 11.7 Å². The summed E-state index contributed by atoms with van der Waals surface area (Å²) in [7, 11) is 0. The number of aryl methyl sites for hydroxylation is 1. The zero-order valence-corrected chi connectivity index (χ0v) is 10.6. The van der Waals surface area contributed by atoms with Crippen LogP contribution in [0.4, 0.5) is 5.69 Å². The zero-order valence-electron chi connectivity index (χ0n) is 10.6.